The molecule has 0 aliphatic carbocycles. The van der Waals surface area contributed by atoms with Crippen LogP contribution in [-0.2, 0) is 0 Å². The highest BCUT2D eigenvalue weighted by Crippen LogP contribution is 2.46. The first-order chi connectivity index (χ1) is 28.3. The molecule has 0 bridgehead atoms. The Morgan fingerprint density at radius 2 is 0.789 bits per heavy atom. The van der Waals surface area contributed by atoms with Crippen LogP contribution in [0.3, 0.4) is 0 Å². The van der Waals surface area contributed by atoms with Crippen LogP contribution >= 0.6 is 0 Å². The molecule has 1 nitrogen and oxygen atoms in total. The molecule has 1 heteroatoms. The SMILES string of the molecule is c1ccc(-c2ccc3c(-c4ccc5cc6cc(-n7c8ccccc8c8ccc9ccccc9c87)ccc6cc5c4)c4ccccc4c(-c4ccccc4)c3c2)cc1. The van der Waals surface area contributed by atoms with Gasteiger partial charge in [0.25, 0.3) is 0 Å². The van der Waals surface area contributed by atoms with Gasteiger partial charge in [-0.2, -0.15) is 0 Å². The Kier molecular flexibility index (Phi) is 7.00. The molecule has 264 valence electrons. The summed E-state index contributed by atoms with van der Waals surface area (Å²) < 4.78 is 2.46. The van der Waals surface area contributed by atoms with Crippen molar-refractivity contribution < 1.29 is 0 Å². The van der Waals surface area contributed by atoms with Gasteiger partial charge in [-0.15, -0.1) is 0 Å². The van der Waals surface area contributed by atoms with Crippen LogP contribution in [0.15, 0.2) is 212 Å². The molecule has 12 aromatic rings. The number of benzene rings is 11. The van der Waals surface area contributed by atoms with Crippen molar-refractivity contribution in [3.8, 4) is 39.1 Å². The minimum atomic E-state index is 1.17. The summed E-state index contributed by atoms with van der Waals surface area (Å²) in [6.07, 6.45) is 0. The Balaban J connectivity index is 1.06. The Labute approximate surface area is 330 Å². The number of aromatic nitrogens is 1. The lowest BCUT2D eigenvalue weighted by Gasteiger charge is -2.19. The van der Waals surface area contributed by atoms with Crippen molar-refractivity contribution in [2.45, 2.75) is 0 Å². The van der Waals surface area contributed by atoms with E-state index in [1.165, 1.54) is 115 Å². The second-order valence-electron chi connectivity index (χ2n) is 15.3. The summed E-state index contributed by atoms with van der Waals surface area (Å²) >= 11 is 0. The van der Waals surface area contributed by atoms with Gasteiger partial charge >= 0.3 is 0 Å². The lowest BCUT2D eigenvalue weighted by atomic mass is 9.84. The van der Waals surface area contributed by atoms with Crippen molar-refractivity contribution in [1.29, 1.82) is 0 Å². The van der Waals surface area contributed by atoms with Gasteiger partial charge in [-0.25, -0.2) is 0 Å². The molecule has 0 aliphatic heterocycles. The Morgan fingerprint density at radius 3 is 1.56 bits per heavy atom. The second kappa shape index (κ2) is 12.5. The van der Waals surface area contributed by atoms with Crippen molar-refractivity contribution in [2.24, 2.45) is 0 Å². The van der Waals surface area contributed by atoms with E-state index in [1.807, 2.05) is 0 Å². The van der Waals surface area contributed by atoms with Crippen LogP contribution in [0.1, 0.15) is 0 Å². The predicted octanol–water partition coefficient (Wildman–Crippen LogP) is 15.6. The van der Waals surface area contributed by atoms with Crippen LogP contribution in [0.25, 0.3) is 115 Å². The topological polar surface area (TPSA) is 4.93 Å². The summed E-state index contributed by atoms with van der Waals surface area (Å²) in [5.74, 6) is 0. The molecule has 0 radical (unpaired) electrons. The monoisotopic (exact) mass is 721 g/mol. The number of hydrogen-bond acceptors (Lipinski definition) is 0. The average Bonchev–Trinajstić information content (AvgIpc) is 3.62. The fraction of sp³-hybridized carbons (Fsp3) is 0. The maximum absolute atomic E-state index is 2.46. The molecule has 11 aromatic carbocycles. The molecule has 0 spiro atoms. The molecule has 0 aliphatic rings. The van der Waals surface area contributed by atoms with E-state index in [2.05, 4.69) is 217 Å². The summed E-state index contributed by atoms with van der Waals surface area (Å²) in [5.41, 5.74) is 11.1. The third kappa shape index (κ3) is 4.96. The Bertz CT molecular complexity index is 3560. The van der Waals surface area contributed by atoms with Gasteiger partial charge in [0, 0.05) is 21.8 Å². The van der Waals surface area contributed by atoms with Gasteiger partial charge in [-0.3, -0.25) is 0 Å². The third-order valence-electron chi connectivity index (χ3n) is 12.1. The molecular formula is C56H35N. The van der Waals surface area contributed by atoms with Crippen LogP contribution in [0.2, 0.25) is 0 Å². The van der Waals surface area contributed by atoms with Crippen molar-refractivity contribution in [2.75, 3.05) is 0 Å². The first-order valence-corrected chi connectivity index (χ1v) is 19.8. The van der Waals surface area contributed by atoms with E-state index in [1.54, 1.807) is 0 Å². The molecule has 57 heavy (non-hydrogen) atoms. The highest BCUT2D eigenvalue weighted by Gasteiger charge is 2.19. The van der Waals surface area contributed by atoms with Crippen molar-refractivity contribution in [3.05, 3.63) is 212 Å². The summed E-state index contributed by atoms with van der Waals surface area (Å²) in [4.78, 5) is 0. The van der Waals surface area contributed by atoms with Crippen LogP contribution < -0.4 is 0 Å². The van der Waals surface area contributed by atoms with Crippen LogP contribution in [0.4, 0.5) is 0 Å². The zero-order chi connectivity index (χ0) is 37.5. The molecule has 0 unspecified atom stereocenters. The molecule has 0 saturated heterocycles. The normalized spacial score (nSPS) is 11.9. The minimum absolute atomic E-state index is 1.17. The van der Waals surface area contributed by atoms with Gasteiger partial charge in [0.15, 0.2) is 0 Å². The molecule has 0 saturated carbocycles. The van der Waals surface area contributed by atoms with E-state index in [4.69, 9.17) is 0 Å². The molecule has 0 amide bonds. The number of rotatable bonds is 4. The van der Waals surface area contributed by atoms with Gasteiger partial charge < -0.3 is 4.57 Å². The van der Waals surface area contributed by atoms with Crippen molar-refractivity contribution >= 4 is 75.7 Å². The maximum atomic E-state index is 2.46. The van der Waals surface area contributed by atoms with Crippen LogP contribution in [0.5, 0.6) is 0 Å². The molecule has 1 heterocycles. The Hall–Kier alpha value is -7.48. The largest absolute Gasteiger partial charge is 0.309 e. The first kappa shape index (κ1) is 31.8. The van der Waals surface area contributed by atoms with Crippen LogP contribution in [-0.4, -0.2) is 4.57 Å². The van der Waals surface area contributed by atoms with Gasteiger partial charge in [0.1, 0.15) is 0 Å². The molecule has 1 aromatic heterocycles. The summed E-state index contributed by atoms with van der Waals surface area (Å²) in [7, 11) is 0. The lowest BCUT2D eigenvalue weighted by molar-refractivity contribution is 1.19. The average molecular weight is 722 g/mol. The summed E-state index contributed by atoms with van der Waals surface area (Å²) in [6, 6.07) is 78.4. The van der Waals surface area contributed by atoms with E-state index in [-0.39, 0.29) is 0 Å². The smallest absolute Gasteiger partial charge is 0.0619 e. The molecular weight excluding hydrogens is 687 g/mol. The van der Waals surface area contributed by atoms with E-state index < -0.39 is 0 Å². The Morgan fingerprint density at radius 1 is 0.246 bits per heavy atom. The molecule has 0 atom stereocenters. The fourth-order valence-electron chi connectivity index (χ4n) is 9.49. The second-order valence-corrected chi connectivity index (χ2v) is 15.3. The predicted molar refractivity (Wildman–Crippen MR) is 245 cm³/mol. The number of para-hydroxylation sites is 1. The minimum Gasteiger partial charge on any atom is -0.309 e. The van der Waals surface area contributed by atoms with Gasteiger partial charge in [-0.05, 0) is 124 Å². The standard InChI is InChI=1S/C56H35N/c1-3-13-36(14-4-1)41-27-29-50-52(35-41)54(38-16-5-2-6-17-38)48-20-9-10-21-49(48)55(50)42-24-23-39-32-44-34-45(28-25-40(44)31-43(39)33-42)57-53-22-12-11-19-47(53)51-30-26-37-15-7-8-18-46(37)56(51)57/h1-35H. The first-order valence-electron chi connectivity index (χ1n) is 19.8. The van der Waals surface area contributed by atoms with Gasteiger partial charge in [0.05, 0.1) is 11.0 Å². The number of hydrogen-bond donors (Lipinski definition) is 0. The van der Waals surface area contributed by atoms with Crippen molar-refractivity contribution in [1.82, 2.24) is 4.57 Å². The number of nitrogens with zero attached hydrogens (tertiary/aromatic N) is 1. The zero-order valence-corrected chi connectivity index (χ0v) is 31.2. The van der Waals surface area contributed by atoms with Gasteiger partial charge in [-0.1, -0.05) is 170 Å². The maximum Gasteiger partial charge on any atom is 0.0619 e. The number of fused-ring (bicyclic) bond motifs is 9. The van der Waals surface area contributed by atoms with E-state index >= 15 is 0 Å². The fourth-order valence-corrected chi connectivity index (χ4v) is 9.49. The quantitative estimate of drug-likeness (QED) is 0.160. The summed E-state index contributed by atoms with van der Waals surface area (Å²) in [6.45, 7) is 0. The van der Waals surface area contributed by atoms with Gasteiger partial charge in [0.2, 0.25) is 0 Å². The van der Waals surface area contributed by atoms with E-state index in [9.17, 15) is 0 Å². The molecule has 0 fully saturated rings. The molecule has 0 N–H and O–H groups in total. The highest BCUT2D eigenvalue weighted by molar-refractivity contribution is 6.23. The highest BCUT2D eigenvalue weighted by atomic mass is 15.0. The third-order valence-corrected chi connectivity index (χ3v) is 12.1. The van der Waals surface area contributed by atoms with Crippen molar-refractivity contribution in [3.63, 3.8) is 0 Å². The van der Waals surface area contributed by atoms with E-state index in [0.717, 1.165) is 0 Å². The molecule has 12 rings (SSSR count). The van der Waals surface area contributed by atoms with E-state index in [0.29, 0.717) is 0 Å². The lowest BCUT2D eigenvalue weighted by Crippen LogP contribution is -1.94. The zero-order valence-electron chi connectivity index (χ0n) is 31.2. The van der Waals surface area contributed by atoms with Crippen LogP contribution in [0, 0.1) is 0 Å². The summed E-state index contributed by atoms with van der Waals surface area (Å²) in [5, 5.41) is 15.1.